The van der Waals surface area contributed by atoms with Gasteiger partial charge in [0, 0.05) is 17.8 Å². The minimum absolute atomic E-state index is 0.0141. The average Bonchev–Trinajstić information content (AvgIpc) is 3.57. The summed E-state index contributed by atoms with van der Waals surface area (Å²) >= 11 is 0. The normalized spacial score (nSPS) is 15.0. The van der Waals surface area contributed by atoms with E-state index in [2.05, 4.69) is 15.5 Å². The van der Waals surface area contributed by atoms with Gasteiger partial charge in [-0.3, -0.25) is 9.59 Å². The SMILES string of the molecule is CN(C)CCCNC(=O)c1ccc(-c2cccc(NC(=O)C3(c4ccc5c(c4)OCO5)CC3)c2)cc1. The molecular formula is C29H31N3O4. The second-order valence-corrected chi connectivity index (χ2v) is 9.68. The van der Waals surface area contributed by atoms with Gasteiger partial charge in [-0.05, 0) is 93.0 Å². The second kappa shape index (κ2) is 10.0. The highest BCUT2D eigenvalue weighted by Crippen LogP contribution is 2.51. The summed E-state index contributed by atoms with van der Waals surface area (Å²) in [6, 6.07) is 21.1. The topological polar surface area (TPSA) is 79.9 Å². The third-order valence-electron chi connectivity index (χ3n) is 6.78. The Kier molecular flexibility index (Phi) is 6.65. The number of rotatable bonds is 9. The zero-order valence-electron chi connectivity index (χ0n) is 20.7. The Morgan fingerprint density at radius 2 is 1.69 bits per heavy atom. The number of ether oxygens (including phenoxy) is 2. The predicted molar refractivity (Wildman–Crippen MR) is 139 cm³/mol. The van der Waals surface area contributed by atoms with Crippen molar-refractivity contribution in [3.8, 4) is 22.6 Å². The van der Waals surface area contributed by atoms with E-state index in [4.69, 9.17) is 9.47 Å². The lowest BCUT2D eigenvalue weighted by Gasteiger charge is -2.17. The van der Waals surface area contributed by atoms with Crippen molar-refractivity contribution in [2.45, 2.75) is 24.7 Å². The van der Waals surface area contributed by atoms with Gasteiger partial charge in [-0.25, -0.2) is 0 Å². The van der Waals surface area contributed by atoms with Crippen molar-refractivity contribution in [1.29, 1.82) is 0 Å². The first-order valence-corrected chi connectivity index (χ1v) is 12.3. The standard InChI is InChI=1S/C29H31N3O4/c1-32(2)16-4-15-30-27(33)21-9-7-20(8-10-21)22-5-3-6-24(17-22)31-28(34)29(13-14-29)23-11-12-25-26(18-23)36-19-35-25/h3,5-12,17-18H,4,13-16,19H2,1-2H3,(H,30,33)(H,31,34). The maximum atomic E-state index is 13.3. The molecule has 0 unspecified atom stereocenters. The molecule has 2 aliphatic rings. The molecule has 186 valence electrons. The van der Waals surface area contributed by atoms with E-state index >= 15 is 0 Å². The summed E-state index contributed by atoms with van der Waals surface area (Å²) < 4.78 is 10.9. The van der Waals surface area contributed by atoms with E-state index in [1.807, 2.05) is 80.8 Å². The molecule has 0 aromatic heterocycles. The van der Waals surface area contributed by atoms with Crippen molar-refractivity contribution in [3.63, 3.8) is 0 Å². The Morgan fingerprint density at radius 1 is 0.917 bits per heavy atom. The fourth-order valence-corrected chi connectivity index (χ4v) is 4.51. The highest BCUT2D eigenvalue weighted by molar-refractivity contribution is 6.02. The van der Waals surface area contributed by atoms with Gasteiger partial charge < -0.3 is 25.0 Å². The van der Waals surface area contributed by atoms with Gasteiger partial charge in [0.15, 0.2) is 11.5 Å². The number of fused-ring (bicyclic) bond motifs is 1. The van der Waals surface area contributed by atoms with E-state index < -0.39 is 5.41 Å². The minimum atomic E-state index is -0.529. The number of nitrogens with zero attached hydrogens (tertiary/aromatic N) is 1. The highest BCUT2D eigenvalue weighted by Gasteiger charge is 2.51. The number of nitrogens with one attached hydrogen (secondary N) is 2. The molecule has 5 rings (SSSR count). The molecule has 0 radical (unpaired) electrons. The number of hydrogen-bond donors (Lipinski definition) is 2. The van der Waals surface area contributed by atoms with Crippen LogP contribution in [0.15, 0.2) is 66.7 Å². The third kappa shape index (κ3) is 5.06. The molecule has 2 N–H and O–H groups in total. The Balaban J connectivity index is 1.23. The number of carbonyl (C=O) groups excluding carboxylic acids is 2. The quantitative estimate of drug-likeness (QED) is 0.438. The van der Waals surface area contributed by atoms with Gasteiger partial charge in [0.25, 0.3) is 5.91 Å². The Hall–Kier alpha value is -3.84. The van der Waals surface area contributed by atoms with E-state index in [0.717, 1.165) is 53.9 Å². The maximum Gasteiger partial charge on any atom is 0.251 e. The molecule has 7 heteroatoms. The molecule has 1 saturated carbocycles. The van der Waals surface area contributed by atoms with Crippen molar-refractivity contribution in [2.24, 2.45) is 0 Å². The molecule has 1 heterocycles. The first kappa shape index (κ1) is 23.9. The van der Waals surface area contributed by atoms with E-state index in [0.29, 0.717) is 17.9 Å². The van der Waals surface area contributed by atoms with Crippen molar-refractivity contribution in [3.05, 3.63) is 77.9 Å². The van der Waals surface area contributed by atoms with Crippen molar-refractivity contribution in [1.82, 2.24) is 10.2 Å². The Morgan fingerprint density at radius 3 is 2.44 bits per heavy atom. The van der Waals surface area contributed by atoms with E-state index in [9.17, 15) is 9.59 Å². The fraction of sp³-hybridized carbons (Fsp3) is 0.310. The number of benzene rings is 3. The van der Waals surface area contributed by atoms with Gasteiger partial charge in [0.1, 0.15) is 0 Å². The van der Waals surface area contributed by atoms with Gasteiger partial charge in [0.2, 0.25) is 12.7 Å². The van der Waals surface area contributed by atoms with Crippen LogP contribution >= 0.6 is 0 Å². The number of anilines is 1. The molecule has 7 nitrogen and oxygen atoms in total. The van der Waals surface area contributed by atoms with Crippen molar-refractivity contribution in [2.75, 3.05) is 39.3 Å². The molecular weight excluding hydrogens is 454 g/mol. The second-order valence-electron chi connectivity index (χ2n) is 9.68. The molecule has 3 aromatic carbocycles. The molecule has 0 saturated heterocycles. The van der Waals surface area contributed by atoms with Crippen LogP contribution in [-0.4, -0.2) is 50.7 Å². The maximum absolute atomic E-state index is 13.3. The van der Waals surface area contributed by atoms with Crippen LogP contribution in [0.25, 0.3) is 11.1 Å². The van der Waals surface area contributed by atoms with Gasteiger partial charge in [0.05, 0.1) is 5.41 Å². The first-order chi connectivity index (χ1) is 17.4. The Labute approximate surface area is 211 Å². The Bertz CT molecular complexity index is 1270. The largest absolute Gasteiger partial charge is 0.454 e. The minimum Gasteiger partial charge on any atom is -0.454 e. The zero-order chi connectivity index (χ0) is 25.1. The molecule has 0 spiro atoms. The molecule has 1 aliphatic heterocycles. The van der Waals surface area contributed by atoms with Crippen molar-refractivity contribution < 1.29 is 19.1 Å². The average molecular weight is 486 g/mol. The van der Waals surface area contributed by atoms with Crippen LogP contribution in [0, 0.1) is 0 Å². The van der Waals surface area contributed by atoms with Crippen LogP contribution in [0.1, 0.15) is 35.2 Å². The zero-order valence-corrected chi connectivity index (χ0v) is 20.7. The van der Waals surface area contributed by atoms with E-state index in [-0.39, 0.29) is 18.6 Å². The first-order valence-electron chi connectivity index (χ1n) is 12.3. The summed E-state index contributed by atoms with van der Waals surface area (Å²) in [7, 11) is 4.04. The number of hydrogen-bond acceptors (Lipinski definition) is 5. The fourth-order valence-electron chi connectivity index (χ4n) is 4.51. The van der Waals surface area contributed by atoms with Crippen LogP contribution in [-0.2, 0) is 10.2 Å². The highest BCUT2D eigenvalue weighted by atomic mass is 16.7. The third-order valence-corrected chi connectivity index (χ3v) is 6.78. The summed E-state index contributed by atoms with van der Waals surface area (Å²) in [6.07, 6.45) is 2.51. The van der Waals surface area contributed by atoms with Gasteiger partial charge in [-0.15, -0.1) is 0 Å². The van der Waals surface area contributed by atoms with Crippen LogP contribution in [0.4, 0.5) is 5.69 Å². The van der Waals surface area contributed by atoms with Gasteiger partial charge in [-0.1, -0.05) is 30.3 Å². The number of carbonyl (C=O) groups is 2. The predicted octanol–water partition coefficient (Wildman–Crippen LogP) is 4.43. The summed E-state index contributed by atoms with van der Waals surface area (Å²) in [5, 5.41) is 6.07. The molecule has 1 aliphatic carbocycles. The monoisotopic (exact) mass is 485 g/mol. The molecule has 1 fully saturated rings. The van der Waals surface area contributed by atoms with Crippen LogP contribution in [0.2, 0.25) is 0 Å². The van der Waals surface area contributed by atoms with Crippen LogP contribution < -0.4 is 20.1 Å². The number of amides is 2. The smallest absolute Gasteiger partial charge is 0.251 e. The lowest BCUT2D eigenvalue weighted by Crippen LogP contribution is -2.27. The molecule has 3 aromatic rings. The van der Waals surface area contributed by atoms with Crippen LogP contribution in [0.5, 0.6) is 11.5 Å². The molecule has 36 heavy (non-hydrogen) atoms. The molecule has 0 atom stereocenters. The van der Waals surface area contributed by atoms with Gasteiger partial charge >= 0.3 is 0 Å². The lowest BCUT2D eigenvalue weighted by molar-refractivity contribution is -0.118. The van der Waals surface area contributed by atoms with Crippen LogP contribution in [0.3, 0.4) is 0 Å². The summed E-state index contributed by atoms with van der Waals surface area (Å²) in [6.45, 7) is 1.80. The molecule has 0 bridgehead atoms. The summed E-state index contributed by atoms with van der Waals surface area (Å²) in [4.78, 5) is 27.8. The summed E-state index contributed by atoms with van der Waals surface area (Å²) in [5.74, 6) is 1.33. The van der Waals surface area contributed by atoms with E-state index in [1.165, 1.54) is 0 Å². The van der Waals surface area contributed by atoms with E-state index in [1.54, 1.807) is 0 Å². The summed E-state index contributed by atoms with van der Waals surface area (Å²) in [5.41, 5.74) is 3.75. The van der Waals surface area contributed by atoms with Crippen molar-refractivity contribution >= 4 is 17.5 Å². The van der Waals surface area contributed by atoms with Gasteiger partial charge in [-0.2, -0.15) is 0 Å². The lowest BCUT2D eigenvalue weighted by atomic mass is 9.94. The molecule has 2 amide bonds.